The van der Waals surface area contributed by atoms with E-state index in [9.17, 15) is 9.59 Å². The van der Waals surface area contributed by atoms with Crippen molar-refractivity contribution in [2.24, 2.45) is 0 Å². The number of rotatable bonds is 6. The van der Waals surface area contributed by atoms with E-state index < -0.39 is 5.97 Å². The van der Waals surface area contributed by atoms with Crippen LogP contribution in [0.3, 0.4) is 0 Å². The van der Waals surface area contributed by atoms with Gasteiger partial charge >= 0.3 is 5.97 Å². The minimum Gasteiger partial charge on any atom is -0.465 e. The smallest absolute Gasteiger partial charge is 0.341 e. The second-order valence-electron chi connectivity index (χ2n) is 7.33. The van der Waals surface area contributed by atoms with Crippen molar-refractivity contribution in [3.05, 3.63) is 81.7 Å². The maximum absolute atomic E-state index is 12.9. The highest BCUT2D eigenvalue weighted by molar-refractivity contribution is 7.98. The second-order valence-corrected chi connectivity index (χ2v) is 9.32. The van der Waals surface area contributed by atoms with Gasteiger partial charge in [-0.15, -0.1) is 35.5 Å². The van der Waals surface area contributed by atoms with E-state index in [4.69, 9.17) is 4.74 Å². The summed E-state index contributed by atoms with van der Waals surface area (Å²) in [5.74, 6) is -0.622. The van der Waals surface area contributed by atoms with Crippen LogP contribution >= 0.6 is 35.5 Å². The van der Waals surface area contributed by atoms with Crippen LogP contribution in [0.1, 0.15) is 36.7 Å². The molecule has 0 atom stereocenters. The molecular formula is C24H25ClN2O3S2. The molecule has 1 amide bonds. The third kappa shape index (κ3) is 5.35. The Bertz CT molecular complexity index is 1100. The van der Waals surface area contributed by atoms with Crippen LogP contribution in [0.4, 0.5) is 5.00 Å². The summed E-state index contributed by atoms with van der Waals surface area (Å²) in [4.78, 5) is 29.9. The summed E-state index contributed by atoms with van der Waals surface area (Å²) in [6, 6.07) is 17.8. The molecule has 0 radical (unpaired) electrons. The van der Waals surface area contributed by atoms with E-state index in [0.717, 1.165) is 41.4 Å². The molecule has 0 bridgehead atoms. The van der Waals surface area contributed by atoms with Crippen LogP contribution in [0.5, 0.6) is 0 Å². The average molecular weight is 489 g/mol. The van der Waals surface area contributed by atoms with Crippen molar-refractivity contribution in [1.29, 1.82) is 0 Å². The first kappa shape index (κ1) is 24.3. The number of ether oxygens (including phenoxy) is 1. The summed E-state index contributed by atoms with van der Waals surface area (Å²) < 4.78 is 5.05. The van der Waals surface area contributed by atoms with Crippen molar-refractivity contribution >= 4 is 52.4 Å². The number of carbonyl (C=O) groups excluding carboxylic acids is 2. The highest BCUT2D eigenvalue weighted by Gasteiger charge is 2.29. The molecule has 32 heavy (non-hydrogen) atoms. The summed E-state index contributed by atoms with van der Waals surface area (Å²) in [7, 11) is 1.38. The molecular weight excluding hydrogens is 464 g/mol. The molecule has 2 aromatic carbocycles. The molecule has 1 N–H and O–H groups in total. The third-order valence-electron chi connectivity index (χ3n) is 5.33. The second kappa shape index (κ2) is 11.0. The highest BCUT2D eigenvalue weighted by Crippen LogP contribution is 2.38. The fourth-order valence-corrected chi connectivity index (χ4v) is 5.51. The minimum absolute atomic E-state index is 0. The zero-order chi connectivity index (χ0) is 21.8. The van der Waals surface area contributed by atoms with Gasteiger partial charge in [0.15, 0.2) is 0 Å². The number of thiophene rings is 1. The van der Waals surface area contributed by atoms with Crippen LogP contribution in [0.25, 0.3) is 0 Å². The van der Waals surface area contributed by atoms with Crippen molar-refractivity contribution in [2.45, 2.75) is 24.4 Å². The predicted octanol–water partition coefficient (Wildman–Crippen LogP) is 5.49. The summed E-state index contributed by atoms with van der Waals surface area (Å²) in [6.07, 6.45) is 2.72. The van der Waals surface area contributed by atoms with Crippen molar-refractivity contribution in [1.82, 2.24) is 4.90 Å². The fraction of sp³-hybridized carbons (Fsp3) is 0.250. The maximum atomic E-state index is 12.9. The predicted molar refractivity (Wildman–Crippen MR) is 133 cm³/mol. The zero-order valence-corrected chi connectivity index (χ0v) is 20.4. The Balaban J connectivity index is 0.00000289. The number of fused-ring (bicyclic) bond motifs is 1. The third-order valence-corrected chi connectivity index (χ3v) is 7.19. The molecule has 0 saturated heterocycles. The number of thioether (sulfide) groups is 1. The number of halogens is 1. The van der Waals surface area contributed by atoms with Gasteiger partial charge in [-0.2, -0.15) is 0 Å². The standard InChI is InChI=1S/C24H24N2O3S2.ClH/c1-29-24(28)21-19-11-12-26(14-16-7-4-3-5-8-16)15-20(19)31-23(21)25-22(27)17-9-6-10-18(13-17)30-2;/h3-10,13H,11-12,14-15H2,1-2H3,(H,25,27);1H. The number of carbonyl (C=O) groups is 2. The van der Waals surface area contributed by atoms with Crippen LogP contribution in [0.2, 0.25) is 0 Å². The van der Waals surface area contributed by atoms with E-state index in [1.807, 2.05) is 42.7 Å². The lowest BCUT2D eigenvalue weighted by Crippen LogP contribution is -2.29. The van der Waals surface area contributed by atoms with Gasteiger partial charge in [0, 0.05) is 35.0 Å². The first-order chi connectivity index (χ1) is 15.1. The zero-order valence-electron chi connectivity index (χ0n) is 17.9. The van der Waals surface area contributed by atoms with Gasteiger partial charge < -0.3 is 10.1 Å². The molecule has 1 aliphatic heterocycles. The van der Waals surface area contributed by atoms with E-state index >= 15 is 0 Å². The molecule has 8 heteroatoms. The van der Waals surface area contributed by atoms with Gasteiger partial charge in [-0.05, 0) is 42.0 Å². The number of anilines is 1. The highest BCUT2D eigenvalue weighted by atomic mass is 35.5. The Morgan fingerprint density at radius 2 is 1.94 bits per heavy atom. The van der Waals surface area contributed by atoms with Crippen LogP contribution in [-0.2, 0) is 24.2 Å². The Labute approximate surface area is 202 Å². The maximum Gasteiger partial charge on any atom is 0.341 e. The van der Waals surface area contributed by atoms with Gasteiger partial charge in [0.2, 0.25) is 0 Å². The Hall–Kier alpha value is -2.32. The van der Waals surface area contributed by atoms with E-state index in [-0.39, 0.29) is 18.3 Å². The normalized spacial score (nSPS) is 13.1. The summed E-state index contributed by atoms with van der Waals surface area (Å²) >= 11 is 3.06. The van der Waals surface area contributed by atoms with Crippen molar-refractivity contribution in [3.63, 3.8) is 0 Å². The number of hydrogen-bond donors (Lipinski definition) is 1. The Morgan fingerprint density at radius 3 is 2.66 bits per heavy atom. The molecule has 0 saturated carbocycles. The van der Waals surface area contributed by atoms with Crippen molar-refractivity contribution in [2.75, 3.05) is 25.2 Å². The van der Waals surface area contributed by atoms with E-state index in [0.29, 0.717) is 16.1 Å². The first-order valence-corrected chi connectivity index (χ1v) is 12.1. The van der Waals surface area contributed by atoms with Crippen LogP contribution in [0.15, 0.2) is 59.5 Å². The Morgan fingerprint density at radius 1 is 1.16 bits per heavy atom. The molecule has 0 fully saturated rings. The summed E-state index contributed by atoms with van der Waals surface area (Å²) in [6.45, 7) is 2.46. The molecule has 5 nitrogen and oxygen atoms in total. The van der Waals surface area contributed by atoms with Crippen LogP contribution in [-0.4, -0.2) is 36.7 Å². The van der Waals surface area contributed by atoms with Gasteiger partial charge in [-0.3, -0.25) is 9.69 Å². The quantitative estimate of drug-likeness (QED) is 0.367. The minimum atomic E-state index is -0.401. The van der Waals surface area contributed by atoms with Gasteiger partial charge in [-0.25, -0.2) is 4.79 Å². The number of hydrogen-bond acceptors (Lipinski definition) is 6. The monoisotopic (exact) mass is 488 g/mol. The van der Waals surface area contributed by atoms with E-state index in [1.54, 1.807) is 17.8 Å². The first-order valence-electron chi connectivity index (χ1n) is 10.0. The summed E-state index contributed by atoms with van der Waals surface area (Å²) in [5.41, 5.74) is 3.32. The van der Waals surface area contributed by atoms with Gasteiger partial charge in [-0.1, -0.05) is 36.4 Å². The lowest BCUT2D eigenvalue weighted by Gasteiger charge is -2.27. The van der Waals surface area contributed by atoms with Crippen LogP contribution in [0, 0.1) is 0 Å². The molecule has 0 unspecified atom stereocenters. The van der Waals surface area contributed by atoms with E-state index in [2.05, 4.69) is 22.3 Å². The molecule has 0 spiro atoms. The Kier molecular flexibility index (Phi) is 8.37. The van der Waals surface area contributed by atoms with Crippen molar-refractivity contribution < 1.29 is 14.3 Å². The topological polar surface area (TPSA) is 58.6 Å². The molecule has 1 aliphatic rings. The number of amides is 1. The van der Waals surface area contributed by atoms with Crippen molar-refractivity contribution in [3.8, 4) is 0 Å². The molecule has 168 valence electrons. The lowest BCUT2D eigenvalue weighted by atomic mass is 10.0. The number of methoxy groups -OCH3 is 1. The number of benzene rings is 2. The van der Waals surface area contributed by atoms with Crippen LogP contribution < -0.4 is 5.32 Å². The van der Waals surface area contributed by atoms with E-state index in [1.165, 1.54) is 24.0 Å². The fourth-order valence-electron chi connectivity index (χ4n) is 3.78. The van der Waals surface area contributed by atoms with Gasteiger partial charge in [0.25, 0.3) is 5.91 Å². The lowest BCUT2D eigenvalue weighted by molar-refractivity contribution is 0.0600. The molecule has 2 heterocycles. The average Bonchev–Trinajstić information content (AvgIpc) is 3.16. The largest absolute Gasteiger partial charge is 0.465 e. The molecule has 4 rings (SSSR count). The summed E-state index contributed by atoms with van der Waals surface area (Å²) in [5, 5.41) is 3.53. The molecule has 1 aromatic heterocycles. The number of nitrogens with zero attached hydrogens (tertiary/aromatic N) is 1. The SMILES string of the molecule is COC(=O)c1c(NC(=O)c2cccc(SC)c2)sc2c1CCN(Cc1ccccc1)C2.Cl. The molecule has 3 aromatic rings. The number of esters is 1. The van der Waals surface area contributed by atoms with Gasteiger partial charge in [0.05, 0.1) is 12.7 Å². The van der Waals surface area contributed by atoms with Gasteiger partial charge in [0.1, 0.15) is 5.00 Å². The number of nitrogens with one attached hydrogen (secondary N) is 1. The molecule has 0 aliphatic carbocycles.